The van der Waals surface area contributed by atoms with Gasteiger partial charge in [0.05, 0.1) is 11.8 Å². The first-order chi connectivity index (χ1) is 11.5. The molecule has 0 saturated heterocycles. The van der Waals surface area contributed by atoms with Crippen molar-refractivity contribution in [3.63, 3.8) is 0 Å². The Balaban J connectivity index is 1.70. The molecule has 0 fully saturated rings. The van der Waals surface area contributed by atoms with Crippen molar-refractivity contribution in [2.24, 2.45) is 0 Å². The fourth-order valence-corrected chi connectivity index (χ4v) is 3.84. The predicted molar refractivity (Wildman–Crippen MR) is 97.4 cm³/mol. The Hall–Kier alpha value is -1.76. The molecule has 0 aliphatic carbocycles. The highest BCUT2D eigenvalue weighted by molar-refractivity contribution is 7.10. The Morgan fingerprint density at radius 1 is 1.33 bits per heavy atom. The summed E-state index contributed by atoms with van der Waals surface area (Å²) in [5, 5.41) is 20.4. The van der Waals surface area contributed by atoms with E-state index in [0.29, 0.717) is 6.42 Å². The number of nitrogens with one attached hydrogen (secondary N) is 1. The molecule has 2 N–H and O–H groups in total. The Morgan fingerprint density at radius 2 is 2.12 bits per heavy atom. The molecule has 3 aromatic rings. The second-order valence-corrected chi connectivity index (χ2v) is 7.39. The summed E-state index contributed by atoms with van der Waals surface area (Å²) in [4.78, 5) is 5.52. The van der Waals surface area contributed by atoms with Crippen LogP contribution in [0.1, 0.15) is 54.2 Å². The monoisotopic (exact) mass is 344 g/mol. The number of thiophene rings is 1. The van der Waals surface area contributed by atoms with Gasteiger partial charge < -0.3 is 10.4 Å². The van der Waals surface area contributed by atoms with Crippen molar-refractivity contribution in [2.75, 3.05) is 0 Å². The van der Waals surface area contributed by atoms with Crippen LogP contribution in [0.2, 0.25) is 0 Å². The highest BCUT2D eigenvalue weighted by atomic mass is 32.1. The van der Waals surface area contributed by atoms with Gasteiger partial charge in [-0.1, -0.05) is 6.07 Å². The van der Waals surface area contributed by atoms with E-state index in [-0.39, 0.29) is 12.1 Å². The molecule has 6 heteroatoms. The standard InChI is InChI=1S/C18H24N4OS/c1-11(8-16(23)17-6-5-7-24-17)20-13(3)15-10-19-18-9-12(2)21-22(18)14(15)4/h5-7,9-11,13,16,20,23H,8H2,1-4H3. The van der Waals surface area contributed by atoms with Crippen LogP contribution in [0.5, 0.6) is 0 Å². The van der Waals surface area contributed by atoms with E-state index in [9.17, 15) is 5.11 Å². The summed E-state index contributed by atoms with van der Waals surface area (Å²) in [5.41, 5.74) is 4.07. The number of aliphatic hydroxyl groups is 1. The van der Waals surface area contributed by atoms with Crippen LogP contribution in [0, 0.1) is 13.8 Å². The SMILES string of the molecule is Cc1cc2ncc(C(C)NC(C)CC(O)c3cccs3)c(C)n2n1. The van der Waals surface area contributed by atoms with E-state index >= 15 is 0 Å². The van der Waals surface area contributed by atoms with E-state index in [1.54, 1.807) is 11.3 Å². The molecule has 3 rings (SSSR count). The van der Waals surface area contributed by atoms with E-state index in [4.69, 9.17) is 0 Å². The smallest absolute Gasteiger partial charge is 0.155 e. The topological polar surface area (TPSA) is 62.5 Å². The molecule has 0 spiro atoms. The molecule has 0 aliphatic rings. The van der Waals surface area contributed by atoms with Crippen LogP contribution in [0.4, 0.5) is 0 Å². The number of fused-ring (bicyclic) bond motifs is 1. The fraction of sp³-hybridized carbons (Fsp3) is 0.444. The minimum Gasteiger partial charge on any atom is -0.388 e. The fourth-order valence-electron chi connectivity index (χ4n) is 3.12. The Labute approximate surface area is 146 Å². The minimum absolute atomic E-state index is 0.136. The number of rotatable bonds is 6. The van der Waals surface area contributed by atoms with E-state index < -0.39 is 6.10 Å². The second-order valence-electron chi connectivity index (χ2n) is 6.41. The summed E-state index contributed by atoms with van der Waals surface area (Å²) < 4.78 is 1.90. The lowest BCUT2D eigenvalue weighted by Crippen LogP contribution is -2.31. The second kappa shape index (κ2) is 7.01. The lowest BCUT2D eigenvalue weighted by atomic mass is 10.1. The molecule has 3 aromatic heterocycles. The summed E-state index contributed by atoms with van der Waals surface area (Å²) in [6.07, 6.45) is 2.18. The first kappa shape index (κ1) is 17.1. The molecule has 0 amide bonds. The van der Waals surface area contributed by atoms with Crippen molar-refractivity contribution in [3.8, 4) is 0 Å². The summed E-state index contributed by atoms with van der Waals surface area (Å²) in [5.74, 6) is 0. The van der Waals surface area contributed by atoms with Crippen molar-refractivity contribution in [3.05, 3.63) is 51.6 Å². The minimum atomic E-state index is -0.421. The first-order valence-corrected chi connectivity index (χ1v) is 9.13. The number of hydrogen-bond acceptors (Lipinski definition) is 5. The van der Waals surface area contributed by atoms with Gasteiger partial charge in [0.25, 0.3) is 0 Å². The average molecular weight is 344 g/mol. The van der Waals surface area contributed by atoms with Crippen LogP contribution in [-0.4, -0.2) is 25.7 Å². The van der Waals surface area contributed by atoms with Crippen molar-refractivity contribution < 1.29 is 5.11 Å². The van der Waals surface area contributed by atoms with Gasteiger partial charge >= 0.3 is 0 Å². The van der Waals surface area contributed by atoms with Crippen molar-refractivity contribution >= 4 is 17.0 Å². The van der Waals surface area contributed by atoms with E-state index in [0.717, 1.165) is 27.5 Å². The molecule has 0 bridgehead atoms. The molecule has 128 valence electrons. The highest BCUT2D eigenvalue weighted by Gasteiger charge is 2.18. The molecule has 0 aliphatic heterocycles. The summed E-state index contributed by atoms with van der Waals surface area (Å²) in [7, 11) is 0. The molecule has 3 unspecified atom stereocenters. The van der Waals surface area contributed by atoms with Crippen LogP contribution >= 0.6 is 11.3 Å². The van der Waals surface area contributed by atoms with Crippen LogP contribution in [-0.2, 0) is 0 Å². The zero-order valence-corrected chi connectivity index (χ0v) is 15.3. The average Bonchev–Trinajstić information content (AvgIpc) is 3.16. The summed E-state index contributed by atoms with van der Waals surface area (Å²) in [6.45, 7) is 8.27. The zero-order chi connectivity index (χ0) is 17.3. The maximum Gasteiger partial charge on any atom is 0.155 e. The lowest BCUT2D eigenvalue weighted by Gasteiger charge is -2.23. The van der Waals surface area contributed by atoms with Crippen molar-refractivity contribution in [1.29, 1.82) is 0 Å². The van der Waals surface area contributed by atoms with Gasteiger partial charge in [-0.3, -0.25) is 0 Å². The van der Waals surface area contributed by atoms with Gasteiger partial charge in [0.2, 0.25) is 0 Å². The molecule has 5 nitrogen and oxygen atoms in total. The molecule has 3 heterocycles. The van der Waals surface area contributed by atoms with E-state index in [2.05, 4.69) is 36.2 Å². The Bertz CT molecular complexity index is 812. The zero-order valence-electron chi connectivity index (χ0n) is 14.5. The van der Waals surface area contributed by atoms with E-state index in [1.165, 1.54) is 0 Å². The van der Waals surface area contributed by atoms with Crippen LogP contribution in [0.15, 0.2) is 29.8 Å². The molecular formula is C18H24N4OS. The van der Waals surface area contributed by atoms with Gasteiger partial charge in [-0.15, -0.1) is 11.3 Å². The molecular weight excluding hydrogens is 320 g/mol. The van der Waals surface area contributed by atoms with Crippen LogP contribution < -0.4 is 5.32 Å². The number of hydrogen-bond donors (Lipinski definition) is 2. The van der Waals surface area contributed by atoms with Crippen molar-refractivity contribution in [1.82, 2.24) is 19.9 Å². The molecule has 3 atom stereocenters. The molecule has 0 radical (unpaired) electrons. The van der Waals surface area contributed by atoms with Gasteiger partial charge in [-0.2, -0.15) is 5.10 Å². The largest absolute Gasteiger partial charge is 0.388 e. The quantitative estimate of drug-likeness (QED) is 0.717. The Morgan fingerprint density at radius 3 is 2.83 bits per heavy atom. The number of nitrogens with zero attached hydrogens (tertiary/aromatic N) is 3. The van der Waals surface area contributed by atoms with Gasteiger partial charge in [0.15, 0.2) is 5.65 Å². The maximum atomic E-state index is 10.3. The van der Waals surface area contributed by atoms with Gasteiger partial charge in [-0.05, 0) is 45.6 Å². The van der Waals surface area contributed by atoms with Crippen LogP contribution in [0.3, 0.4) is 0 Å². The molecule has 0 saturated carbocycles. The number of aryl methyl sites for hydroxylation is 2. The van der Waals surface area contributed by atoms with E-state index in [1.807, 2.05) is 41.2 Å². The third-order valence-electron chi connectivity index (χ3n) is 4.33. The van der Waals surface area contributed by atoms with Crippen molar-refractivity contribution in [2.45, 2.75) is 52.3 Å². The third-order valence-corrected chi connectivity index (χ3v) is 5.31. The summed E-state index contributed by atoms with van der Waals surface area (Å²) in [6, 6.07) is 6.26. The van der Waals surface area contributed by atoms with Gasteiger partial charge in [0.1, 0.15) is 0 Å². The van der Waals surface area contributed by atoms with Crippen LogP contribution in [0.25, 0.3) is 5.65 Å². The lowest BCUT2D eigenvalue weighted by molar-refractivity contribution is 0.155. The first-order valence-electron chi connectivity index (χ1n) is 8.25. The Kier molecular flexibility index (Phi) is 4.99. The molecule has 24 heavy (non-hydrogen) atoms. The number of aliphatic hydroxyl groups excluding tert-OH is 1. The predicted octanol–water partition coefficient (Wildman–Crippen LogP) is 3.57. The maximum absolute atomic E-state index is 10.3. The normalized spacial score (nSPS) is 15.5. The third kappa shape index (κ3) is 3.50. The number of aromatic nitrogens is 3. The highest BCUT2D eigenvalue weighted by Crippen LogP contribution is 2.24. The van der Waals surface area contributed by atoms with Gasteiger partial charge in [-0.25, -0.2) is 9.50 Å². The van der Waals surface area contributed by atoms with Gasteiger partial charge in [0, 0.05) is 40.5 Å². The molecule has 0 aromatic carbocycles. The summed E-state index contributed by atoms with van der Waals surface area (Å²) >= 11 is 1.60.